The molecule has 0 aromatic heterocycles. The highest BCUT2D eigenvalue weighted by Crippen LogP contribution is 2.24. The molecule has 1 fully saturated rings. The fourth-order valence-electron chi connectivity index (χ4n) is 2.45. The summed E-state index contributed by atoms with van der Waals surface area (Å²) < 4.78 is 27.2. The van der Waals surface area contributed by atoms with E-state index < -0.39 is 23.1 Å². The second-order valence-electron chi connectivity index (χ2n) is 5.21. The molecule has 1 amide bonds. The Balaban J connectivity index is 1.97. The molecule has 6 heteroatoms. The summed E-state index contributed by atoms with van der Waals surface area (Å²) in [5, 5.41) is 11.9. The molecule has 1 saturated carbocycles. The van der Waals surface area contributed by atoms with Gasteiger partial charge in [-0.15, -0.1) is 0 Å². The normalized spacial score (nSPS) is 22.6. The average molecular weight is 284 g/mol. The molecule has 0 heterocycles. The van der Waals surface area contributed by atoms with Gasteiger partial charge in [0.2, 0.25) is 0 Å². The average Bonchev–Trinajstić information content (AvgIpc) is 2.43. The zero-order valence-electron chi connectivity index (χ0n) is 11.0. The molecule has 0 radical (unpaired) electrons. The number of nitrogens with two attached hydrogens (primary N) is 1. The number of aliphatic hydroxyl groups excluding tert-OH is 1. The number of rotatable bonds is 3. The van der Waals surface area contributed by atoms with E-state index in [1.807, 2.05) is 0 Å². The van der Waals surface area contributed by atoms with E-state index in [4.69, 9.17) is 5.73 Å². The van der Waals surface area contributed by atoms with Crippen LogP contribution in [0.3, 0.4) is 0 Å². The summed E-state index contributed by atoms with van der Waals surface area (Å²) in [4.78, 5) is 11.8. The van der Waals surface area contributed by atoms with Crippen LogP contribution in [-0.4, -0.2) is 23.7 Å². The number of amides is 1. The molecular formula is C14H18F2N2O2. The van der Waals surface area contributed by atoms with Crippen LogP contribution in [0.1, 0.15) is 36.0 Å². The number of carbonyl (C=O) groups is 1. The van der Waals surface area contributed by atoms with Gasteiger partial charge in [0.1, 0.15) is 11.4 Å². The van der Waals surface area contributed by atoms with Gasteiger partial charge in [-0.05, 0) is 43.7 Å². The minimum atomic E-state index is -1.03. The fraction of sp³-hybridized carbons (Fsp3) is 0.500. The van der Waals surface area contributed by atoms with Crippen LogP contribution in [0.15, 0.2) is 12.1 Å². The van der Waals surface area contributed by atoms with Crippen molar-refractivity contribution in [2.75, 3.05) is 12.3 Å². The number of aliphatic hydroxyl groups is 1. The predicted octanol–water partition coefficient (Wildman–Crippen LogP) is 1.83. The van der Waals surface area contributed by atoms with Crippen molar-refractivity contribution < 1.29 is 18.7 Å². The van der Waals surface area contributed by atoms with Crippen molar-refractivity contribution in [3.63, 3.8) is 0 Å². The molecule has 0 bridgehead atoms. The summed E-state index contributed by atoms with van der Waals surface area (Å²) in [5.74, 6) is -2.51. The molecule has 2 rings (SSSR count). The molecule has 4 nitrogen and oxygen atoms in total. The lowest BCUT2D eigenvalue weighted by molar-refractivity contribution is 0.0903. The molecule has 20 heavy (non-hydrogen) atoms. The summed E-state index contributed by atoms with van der Waals surface area (Å²) in [6.45, 7) is 0.346. The van der Waals surface area contributed by atoms with E-state index in [0.29, 0.717) is 19.4 Å². The van der Waals surface area contributed by atoms with Crippen molar-refractivity contribution in [3.05, 3.63) is 29.3 Å². The molecule has 1 aromatic rings. The van der Waals surface area contributed by atoms with Gasteiger partial charge in [-0.2, -0.15) is 0 Å². The van der Waals surface area contributed by atoms with Gasteiger partial charge >= 0.3 is 0 Å². The highest BCUT2D eigenvalue weighted by Gasteiger charge is 2.23. The smallest absolute Gasteiger partial charge is 0.257 e. The predicted molar refractivity (Wildman–Crippen MR) is 71.1 cm³/mol. The largest absolute Gasteiger partial charge is 0.396 e. The van der Waals surface area contributed by atoms with Crippen LogP contribution in [0, 0.1) is 17.6 Å². The highest BCUT2D eigenvalue weighted by molar-refractivity contribution is 5.95. The lowest BCUT2D eigenvalue weighted by Gasteiger charge is -2.25. The zero-order chi connectivity index (χ0) is 14.7. The van der Waals surface area contributed by atoms with E-state index in [9.17, 15) is 18.7 Å². The van der Waals surface area contributed by atoms with Gasteiger partial charge < -0.3 is 16.2 Å². The third-order valence-electron chi connectivity index (χ3n) is 3.72. The van der Waals surface area contributed by atoms with Gasteiger partial charge in [0.15, 0.2) is 5.82 Å². The molecule has 1 aliphatic carbocycles. The maximum atomic E-state index is 13.7. The van der Waals surface area contributed by atoms with E-state index in [1.54, 1.807) is 0 Å². The minimum absolute atomic E-state index is 0.231. The van der Waals surface area contributed by atoms with Gasteiger partial charge in [-0.25, -0.2) is 8.78 Å². The van der Waals surface area contributed by atoms with Crippen molar-refractivity contribution >= 4 is 11.6 Å². The Morgan fingerprint density at radius 1 is 1.30 bits per heavy atom. The van der Waals surface area contributed by atoms with Gasteiger partial charge in [-0.3, -0.25) is 4.79 Å². The number of hydrogen-bond acceptors (Lipinski definition) is 3. The van der Waals surface area contributed by atoms with Crippen LogP contribution in [-0.2, 0) is 0 Å². The molecular weight excluding hydrogens is 266 g/mol. The first-order valence-corrected chi connectivity index (χ1v) is 6.68. The van der Waals surface area contributed by atoms with E-state index in [-0.39, 0.29) is 17.7 Å². The van der Waals surface area contributed by atoms with Crippen LogP contribution in [0.4, 0.5) is 14.5 Å². The molecule has 1 aromatic carbocycles. The van der Waals surface area contributed by atoms with Gasteiger partial charge in [0.05, 0.1) is 11.8 Å². The molecule has 0 spiro atoms. The van der Waals surface area contributed by atoms with E-state index >= 15 is 0 Å². The molecule has 110 valence electrons. The number of benzene rings is 1. The van der Waals surface area contributed by atoms with E-state index in [0.717, 1.165) is 25.0 Å². The topological polar surface area (TPSA) is 75.4 Å². The lowest BCUT2D eigenvalue weighted by atomic mass is 9.87. The fourth-order valence-corrected chi connectivity index (χ4v) is 2.45. The first kappa shape index (κ1) is 14.7. The Hall–Kier alpha value is -1.69. The molecule has 0 unspecified atom stereocenters. The zero-order valence-corrected chi connectivity index (χ0v) is 11.0. The first-order valence-electron chi connectivity index (χ1n) is 6.68. The number of anilines is 1. The molecule has 4 N–H and O–H groups in total. The quantitative estimate of drug-likeness (QED) is 0.741. The Bertz CT molecular complexity index is 500. The van der Waals surface area contributed by atoms with Crippen LogP contribution in [0.5, 0.6) is 0 Å². The lowest BCUT2D eigenvalue weighted by Crippen LogP contribution is -2.33. The Morgan fingerprint density at radius 3 is 2.60 bits per heavy atom. The van der Waals surface area contributed by atoms with Crippen molar-refractivity contribution in [3.8, 4) is 0 Å². The van der Waals surface area contributed by atoms with Gasteiger partial charge in [0, 0.05) is 6.54 Å². The maximum absolute atomic E-state index is 13.7. The van der Waals surface area contributed by atoms with E-state index in [1.165, 1.54) is 0 Å². The first-order chi connectivity index (χ1) is 9.49. The molecule has 0 saturated heterocycles. The Labute approximate surface area is 116 Å². The molecule has 1 aliphatic rings. The summed E-state index contributed by atoms with van der Waals surface area (Å²) in [6.07, 6.45) is 2.71. The summed E-state index contributed by atoms with van der Waals surface area (Å²) in [7, 11) is 0. The van der Waals surface area contributed by atoms with Gasteiger partial charge in [-0.1, -0.05) is 0 Å². The molecule has 0 atom stereocenters. The summed E-state index contributed by atoms with van der Waals surface area (Å²) in [6, 6.07) is 2.06. The number of halogens is 2. The van der Waals surface area contributed by atoms with Crippen molar-refractivity contribution in [2.24, 2.45) is 5.92 Å². The number of nitrogen functional groups attached to an aromatic ring is 1. The maximum Gasteiger partial charge on any atom is 0.257 e. The Morgan fingerprint density at radius 2 is 1.95 bits per heavy atom. The van der Waals surface area contributed by atoms with Crippen molar-refractivity contribution in [2.45, 2.75) is 31.8 Å². The second-order valence-corrected chi connectivity index (χ2v) is 5.21. The third kappa shape index (κ3) is 3.25. The Kier molecular flexibility index (Phi) is 4.54. The standard InChI is InChI=1S/C14H18F2N2O2/c15-10-5-6-11(17)13(16)12(10)14(20)18-7-8-1-3-9(19)4-2-8/h5-6,8-9,19H,1-4,7,17H2,(H,18,20). The number of carbonyl (C=O) groups excluding carboxylic acids is 1. The number of nitrogens with one attached hydrogen (secondary N) is 1. The second kappa shape index (κ2) is 6.17. The third-order valence-corrected chi connectivity index (χ3v) is 3.72. The van der Waals surface area contributed by atoms with Crippen molar-refractivity contribution in [1.82, 2.24) is 5.32 Å². The minimum Gasteiger partial charge on any atom is -0.396 e. The van der Waals surface area contributed by atoms with E-state index in [2.05, 4.69) is 5.32 Å². The number of hydrogen-bond donors (Lipinski definition) is 3. The van der Waals surface area contributed by atoms with Crippen molar-refractivity contribution in [1.29, 1.82) is 0 Å². The molecule has 0 aliphatic heterocycles. The summed E-state index contributed by atoms with van der Waals surface area (Å²) >= 11 is 0. The van der Waals surface area contributed by atoms with Crippen LogP contribution in [0.2, 0.25) is 0 Å². The van der Waals surface area contributed by atoms with Crippen LogP contribution in [0.25, 0.3) is 0 Å². The SMILES string of the molecule is Nc1ccc(F)c(C(=O)NCC2CCC(O)CC2)c1F. The van der Waals surface area contributed by atoms with Gasteiger partial charge in [0.25, 0.3) is 5.91 Å². The summed E-state index contributed by atoms with van der Waals surface area (Å²) in [5.41, 5.74) is 4.44. The monoisotopic (exact) mass is 284 g/mol. The van der Waals surface area contributed by atoms with Crippen LogP contribution < -0.4 is 11.1 Å². The van der Waals surface area contributed by atoms with Crippen LogP contribution >= 0.6 is 0 Å². The highest BCUT2D eigenvalue weighted by atomic mass is 19.1.